The second-order valence-corrected chi connectivity index (χ2v) is 2.25. The first-order valence-electron chi connectivity index (χ1n) is 3.62. The molecule has 0 aromatic carbocycles. The van der Waals surface area contributed by atoms with E-state index in [4.69, 9.17) is 0 Å². The lowest BCUT2D eigenvalue weighted by Gasteiger charge is -1.99. The van der Waals surface area contributed by atoms with Gasteiger partial charge in [-0.1, -0.05) is 0 Å². The zero-order chi connectivity index (χ0) is 6.36. The van der Waals surface area contributed by atoms with Gasteiger partial charge in [0.05, 0.1) is 0 Å². The maximum Gasteiger partial charge on any atom is 0.316 e. The van der Waals surface area contributed by atoms with Gasteiger partial charge in [-0.05, 0) is 0 Å². The highest BCUT2D eigenvalue weighted by molar-refractivity contribution is 5.85. The summed E-state index contributed by atoms with van der Waals surface area (Å²) in [6.45, 7) is 6.59. The van der Waals surface area contributed by atoms with Crippen molar-refractivity contribution in [2.24, 2.45) is 0 Å². The highest BCUT2D eigenvalue weighted by Gasteiger charge is 1.91. The first kappa shape index (κ1) is 14.5. The normalized spacial score (nSPS) is 19.6. The lowest BCUT2D eigenvalue weighted by atomic mass is 10.6. The fraction of sp³-hybridized carbons (Fsp3) is 1.00. The van der Waals surface area contributed by atoms with E-state index in [0.717, 1.165) is 39.3 Å². The van der Waals surface area contributed by atoms with E-state index in [1.54, 1.807) is 0 Å². The Labute approximate surface area is 90.6 Å². The van der Waals surface area contributed by atoms with E-state index in [1.165, 1.54) is 0 Å². The van der Waals surface area contributed by atoms with Crippen LogP contribution in [0.5, 0.6) is 0 Å². The Bertz CT molecular complexity index is 46.3. The average Bonchev–Trinajstić information content (AvgIpc) is 2.00. The van der Waals surface area contributed by atoms with Crippen molar-refractivity contribution in [1.29, 1.82) is 0 Å². The van der Waals surface area contributed by atoms with Crippen LogP contribution >= 0.6 is 12.4 Å². The van der Waals surface area contributed by atoms with E-state index >= 15 is 0 Å². The zero-order valence-electron chi connectivity index (χ0n) is 6.15. The van der Waals surface area contributed by atoms with Crippen LogP contribution in [0.4, 0.5) is 0 Å². The second kappa shape index (κ2) is 10.9. The van der Waals surface area contributed by atoms with Gasteiger partial charge in [-0.2, -0.15) is 0 Å². The molecule has 0 saturated carbocycles. The van der Waals surface area contributed by atoms with Crippen LogP contribution in [0.2, 0.25) is 0 Å². The second-order valence-electron chi connectivity index (χ2n) is 2.25. The van der Waals surface area contributed by atoms with Crippen LogP contribution in [0.25, 0.3) is 0 Å². The van der Waals surface area contributed by atoms with Crippen molar-refractivity contribution < 1.29 is 0 Å². The molecule has 0 amide bonds. The van der Waals surface area contributed by atoms with Crippen molar-refractivity contribution in [2.45, 2.75) is 0 Å². The van der Waals surface area contributed by atoms with E-state index in [1.807, 2.05) is 0 Å². The number of hydrogen-bond acceptors (Lipinski definition) is 3. The summed E-state index contributed by atoms with van der Waals surface area (Å²) in [4.78, 5) is 0. The van der Waals surface area contributed by atoms with Gasteiger partial charge >= 0.3 is 23.1 Å². The summed E-state index contributed by atoms with van der Waals surface area (Å²) in [6, 6.07) is 0. The van der Waals surface area contributed by atoms with Gasteiger partial charge in [0.2, 0.25) is 0 Å². The van der Waals surface area contributed by atoms with Gasteiger partial charge in [0.15, 0.2) is 0 Å². The minimum atomic E-state index is 0. The minimum absolute atomic E-state index is 0. The largest absolute Gasteiger partial charge is 0.316 e. The Hall–Kier alpha value is 0.936. The third-order valence-electron chi connectivity index (χ3n) is 1.44. The predicted octanol–water partition coefficient (Wildman–Crippen LogP) is -1.73. The van der Waals surface area contributed by atoms with Crippen molar-refractivity contribution in [2.75, 3.05) is 39.3 Å². The average molecular weight is 192 g/mol. The van der Waals surface area contributed by atoms with Crippen LogP contribution < -0.4 is 16.0 Å². The highest BCUT2D eigenvalue weighted by Crippen LogP contribution is 1.65. The number of rotatable bonds is 0. The predicted molar refractivity (Wildman–Crippen MR) is 54.4 cm³/mol. The SMILES string of the molecule is C1CNCCNCCN1.Cl.[MgH2]. The lowest BCUT2D eigenvalue weighted by molar-refractivity contribution is 0.652. The molecule has 1 aliphatic heterocycles. The maximum absolute atomic E-state index is 3.30. The van der Waals surface area contributed by atoms with Crippen LogP contribution in [0.1, 0.15) is 0 Å². The summed E-state index contributed by atoms with van der Waals surface area (Å²) in [7, 11) is 0. The van der Waals surface area contributed by atoms with E-state index in [2.05, 4.69) is 16.0 Å². The first-order chi connectivity index (χ1) is 4.50. The van der Waals surface area contributed by atoms with Gasteiger partial charge in [0.1, 0.15) is 0 Å². The molecule has 0 unspecified atom stereocenters. The molecule has 3 nitrogen and oxygen atoms in total. The van der Waals surface area contributed by atoms with Gasteiger partial charge in [-0.25, -0.2) is 0 Å². The molecule has 0 aliphatic carbocycles. The molecule has 3 N–H and O–H groups in total. The molecule has 0 aromatic rings. The van der Waals surface area contributed by atoms with E-state index in [-0.39, 0.29) is 35.5 Å². The Kier molecular flexibility index (Phi) is 14.4. The Morgan fingerprint density at radius 1 is 0.545 bits per heavy atom. The maximum atomic E-state index is 3.30. The molecule has 11 heavy (non-hydrogen) atoms. The monoisotopic (exact) mass is 191 g/mol. The topological polar surface area (TPSA) is 36.1 Å². The minimum Gasteiger partial charge on any atom is -0.314 e. The summed E-state index contributed by atoms with van der Waals surface area (Å²) < 4.78 is 0. The molecule has 0 aromatic heterocycles. The van der Waals surface area contributed by atoms with Crippen molar-refractivity contribution in [3.63, 3.8) is 0 Å². The molecule has 1 heterocycles. The van der Waals surface area contributed by atoms with Gasteiger partial charge in [-0.15, -0.1) is 12.4 Å². The molecule has 1 saturated heterocycles. The summed E-state index contributed by atoms with van der Waals surface area (Å²) in [5.41, 5.74) is 0. The first-order valence-corrected chi connectivity index (χ1v) is 3.62. The molecule has 1 fully saturated rings. The fourth-order valence-corrected chi connectivity index (χ4v) is 0.905. The highest BCUT2D eigenvalue weighted by atomic mass is 35.5. The summed E-state index contributed by atoms with van der Waals surface area (Å²) in [5.74, 6) is 0. The third kappa shape index (κ3) is 8.85. The summed E-state index contributed by atoms with van der Waals surface area (Å²) in [6.07, 6.45) is 0. The molecule has 0 radical (unpaired) electrons. The molecule has 0 bridgehead atoms. The van der Waals surface area contributed by atoms with E-state index in [9.17, 15) is 0 Å². The molecule has 66 valence electrons. The van der Waals surface area contributed by atoms with Gasteiger partial charge in [-0.3, -0.25) is 0 Å². The molecule has 0 spiro atoms. The summed E-state index contributed by atoms with van der Waals surface area (Å²) >= 11 is 0. The number of nitrogens with one attached hydrogen (secondary N) is 3. The molecule has 1 aliphatic rings. The number of halogens is 1. The third-order valence-corrected chi connectivity index (χ3v) is 1.44. The quantitative estimate of drug-likeness (QED) is 0.399. The van der Waals surface area contributed by atoms with Gasteiger partial charge in [0, 0.05) is 39.3 Å². The lowest BCUT2D eigenvalue weighted by Crippen LogP contribution is -2.27. The standard InChI is InChI=1S/C6H15N3.ClH.Mg.2H/c1-2-8-5-6-9-4-3-7-1;;;;/h7-9H,1-6H2;1H;;;. The smallest absolute Gasteiger partial charge is 0.314 e. The van der Waals surface area contributed by atoms with Crippen molar-refractivity contribution in [3.8, 4) is 0 Å². The van der Waals surface area contributed by atoms with Crippen LogP contribution in [-0.4, -0.2) is 62.3 Å². The number of hydrogen-bond donors (Lipinski definition) is 3. The van der Waals surface area contributed by atoms with Gasteiger partial charge in [0.25, 0.3) is 0 Å². The Morgan fingerprint density at radius 3 is 0.909 bits per heavy atom. The van der Waals surface area contributed by atoms with Gasteiger partial charge < -0.3 is 16.0 Å². The van der Waals surface area contributed by atoms with Crippen molar-refractivity contribution in [1.82, 2.24) is 16.0 Å². The fourth-order valence-electron chi connectivity index (χ4n) is 0.905. The van der Waals surface area contributed by atoms with Crippen molar-refractivity contribution >= 4 is 35.5 Å². The van der Waals surface area contributed by atoms with Crippen LogP contribution in [0.3, 0.4) is 0 Å². The molecule has 0 atom stereocenters. The van der Waals surface area contributed by atoms with E-state index < -0.39 is 0 Å². The Balaban J connectivity index is 0. The van der Waals surface area contributed by atoms with E-state index in [0.29, 0.717) is 0 Å². The zero-order valence-corrected chi connectivity index (χ0v) is 6.97. The molecule has 5 heteroatoms. The van der Waals surface area contributed by atoms with Crippen LogP contribution in [0.15, 0.2) is 0 Å². The molecular weight excluding hydrogens is 174 g/mol. The Morgan fingerprint density at radius 2 is 0.727 bits per heavy atom. The van der Waals surface area contributed by atoms with Crippen LogP contribution in [0, 0.1) is 0 Å². The summed E-state index contributed by atoms with van der Waals surface area (Å²) in [5, 5.41) is 9.91. The molecular formula is C6H18ClMgN3. The molecule has 1 rings (SSSR count). The van der Waals surface area contributed by atoms with Crippen LogP contribution in [-0.2, 0) is 0 Å². The van der Waals surface area contributed by atoms with Crippen molar-refractivity contribution in [3.05, 3.63) is 0 Å².